The van der Waals surface area contributed by atoms with Gasteiger partial charge in [0.05, 0.1) is 17.6 Å². The van der Waals surface area contributed by atoms with E-state index in [-0.39, 0.29) is 10.8 Å². The molecule has 1 amide bonds. The van der Waals surface area contributed by atoms with Gasteiger partial charge in [-0.3, -0.25) is 9.78 Å². The Bertz CT molecular complexity index is 1080. The minimum absolute atomic E-state index is 0.0429. The number of hydrogen-bond acceptors (Lipinski definition) is 5. The monoisotopic (exact) mass is 397 g/mol. The van der Waals surface area contributed by atoms with Crippen LogP contribution in [0.1, 0.15) is 21.5 Å². The Morgan fingerprint density at radius 2 is 1.86 bits per heavy atom. The van der Waals surface area contributed by atoms with Crippen LogP contribution in [0.3, 0.4) is 0 Å². The molecule has 1 heterocycles. The van der Waals surface area contributed by atoms with Crippen molar-refractivity contribution in [3.05, 3.63) is 83.7 Å². The first-order valence-corrected chi connectivity index (χ1v) is 9.92. The molecule has 0 fully saturated rings. The van der Waals surface area contributed by atoms with Crippen LogP contribution in [0.4, 0.5) is 5.69 Å². The number of amides is 1. The fourth-order valence-corrected chi connectivity index (χ4v) is 3.26. The van der Waals surface area contributed by atoms with Gasteiger partial charge in [-0.1, -0.05) is 18.2 Å². The Labute approximate surface area is 163 Å². The van der Waals surface area contributed by atoms with Crippen LogP contribution >= 0.6 is 0 Å². The molecular formula is C20H19N3O4S. The van der Waals surface area contributed by atoms with Gasteiger partial charge in [0.25, 0.3) is 5.91 Å². The molecule has 144 valence electrons. The summed E-state index contributed by atoms with van der Waals surface area (Å²) < 4.78 is 28.3. The summed E-state index contributed by atoms with van der Waals surface area (Å²) in [4.78, 5) is 16.5. The minimum atomic E-state index is -3.75. The highest BCUT2D eigenvalue weighted by Gasteiger charge is 2.14. The van der Waals surface area contributed by atoms with Gasteiger partial charge in [0, 0.05) is 30.1 Å². The van der Waals surface area contributed by atoms with Crippen LogP contribution in [-0.2, 0) is 16.4 Å². The molecule has 0 aliphatic heterocycles. The smallest absolute Gasteiger partial charge is 0.257 e. The van der Waals surface area contributed by atoms with Crippen LogP contribution in [0, 0.1) is 0 Å². The number of hydrogen-bond donors (Lipinski definition) is 2. The molecule has 1 aromatic heterocycles. The van der Waals surface area contributed by atoms with Gasteiger partial charge in [0.2, 0.25) is 10.0 Å². The Morgan fingerprint density at radius 1 is 1.11 bits per heavy atom. The van der Waals surface area contributed by atoms with E-state index in [1.165, 1.54) is 18.3 Å². The SMILES string of the molecule is COc1cccc(NC(=O)c2cccnc2)c1Cc1ccc(S(N)(=O)=O)cc1. The molecule has 0 unspecified atom stereocenters. The first-order valence-electron chi connectivity index (χ1n) is 8.37. The summed E-state index contributed by atoms with van der Waals surface area (Å²) in [6.07, 6.45) is 3.51. The molecule has 0 aliphatic carbocycles. The summed E-state index contributed by atoms with van der Waals surface area (Å²) in [5.41, 5.74) is 2.65. The number of benzene rings is 2. The molecule has 3 N–H and O–H groups in total. The molecule has 0 saturated carbocycles. The molecule has 0 atom stereocenters. The Balaban J connectivity index is 1.90. The van der Waals surface area contributed by atoms with Crippen LogP contribution in [0.15, 0.2) is 71.9 Å². The number of carbonyl (C=O) groups is 1. The maximum atomic E-state index is 12.5. The number of nitrogens with two attached hydrogens (primary N) is 1. The highest BCUT2D eigenvalue weighted by atomic mass is 32.2. The molecule has 7 nitrogen and oxygen atoms in total. The molecular weight excluding hydrogens is 378 g/mol. The maximum Gasteiger partial charge on any atom is 0.257 e. The van der Waals surface area contributed by atoms with E-state index in [9.17, 15) is 13.2 Å². The topological polar surface area (TPSA) is 111 Å². The lowest BCUT2D eigenvalue weighted by atomic mass is 10.0. The Hall–Kier alpha value is -3.23. The average molecular weight is 397 g/mol. The highest BCUT2D eigenvalue weighted by molar-refractivity contribution is 7.89. The van der Waals surface area contributed by atoms with Crippen molar-refractivity contribution >= 4 is 21.6 Å². The number of anilines is 1. The fraction of sp³-hybridized carbons (Fsp3) is 0.100. The first kappa shape index (κ1) is 19.5. The van der Waals surface area contributed by atoms with Gasteiger partial charge < -0.3 is 10.1 Å². The quantitative estimate of drug-likeness (QED) is 0.664. The van der Waals surface area contributed by atoms with Gasteiger partial charge in [-0.15, -0.1) is 0 Å². The van der Waals surface area contributed by atoms with Gasteiger partial charge in [0.15, 0.2) is 0 Å². The molecule has 0 spiro atoms. The average Bonchev–Trinajstić information content (AvgIpc) is 2.69. The first-order chi connectivity index (χ1) is 13.4. The summed E-state index contributed by atoms with van der Waals surface area (Å²) >= 11 is 0. The second-order valence-corrected chi connectivity index (χ2v) is 7.61. The van der Waals surface area contributed by atoms with Gasteiger partial charge in [0.1, 0.15) is 5.75 Å². The van der Waals surface area contributed by atoms with Crippen molar-refractivity contribution in [2.75, 3.05) is 12.4 Å². The zero-order valence-electron chi connectivity index (χ0n) is 15.1. The Morgan fingerprint density at radius 3 is 2.46 bits per heavy atom. The van der Waals surface area contributed by atoms with E-state index in [4.69, 9.17) is 9.88 Å². The van der Waals surface area contributed by atoms with Gasteiger partial charge in [-0.05, 0) is 42.0 Å². The van der Waals surface area contributed by atoms with Crippen molar-refractivity contribution in [3.63, 3.8) is 0 Å². The number of methoxy groups -OCH3 is 1. The second-order valence-electron chi connectivity index (χ2n) is 6.05. The van der Waals surface area contributed by atoms with Crippen molar-refractivity contribution in [2.24, 2.45) is 5.14 Å². The third-order valence-corrected chi connectivity index (χ3v) is 5.09. The number of rotatable bonds is 6. The molecule has 3 rings (SSSR count). The van der Waals surface area contributed by atoms with Crippen molar-refractivity contribution in [3.8, 4) is 5.75 Å². The minimum Gasteiger partial charge on any atom is -0.496 e. The lowest BCUT2D eigenvalue weighted by molar-refractivity contribution is 0.102. The molecule has 0 bridgehead atoms. The van der Waals surface area contributed by atoms with Crippen molar-refractivity contribution < 1.29 is 17.9 Å². The molecule has 28 heavy (non-hydrogen) atoms. The number of nitrogens with zero attached hydrogens (tertiary/aromatic N) is 1. The number of nitrogens with one attached hydrogen (secondary N) is 1. The van der Waals surface area contributed by atoms with Gasteiger partial charge in [-0.25, -0.2) is 13.6 Å². The maximum absolute atomic E-state index is 12.5. The van der Waals surface area contributed by atoms with E-state index in [1.807, 2.05) is 0 Å². The van der Waals surface area contributed by atoms with Crippen LogP contribution in [0.25, 0.3) is 0 Å². The third-order valence-electron chi connectivity index (χ3n) is 4.16. The number of primary sulfonamides is 1. The van der Waals surface area contributed by atoms with Crippen LogP contribution in [-0.4, -0.2) is 26.4 Å². The normalized spacial score (nSPS) is 11.1. The zero-order chi connectivity index (χ0) is 20.1. The lowest BCUT2D eigenvalue weighted by Crippen LogP contribution is -2.14. The number of carbonyl (C=O) groups excluding carboxylic acids is 1. The third kappa shape index (κ3) is 4.54. The van der Waals surface area contributed by atoms with E-state index in [2.05, 4.69) is 10.3 Å². The van der Waals surface area contributed by atoms with Crippen LogP contribution in [0.5, 0.6) is 5.75 Å². The van der Waals surface area contributed by atoms with E-state index in [0.29, 0.717) is 23.4 Å². The van der Waals surface area contributed by atoms with Crippen molar-refractivity contribution in [1.82, 2.24) is 4.98 Å². The summed E-state index contributed by atoms with van der Waals surface area (Å²) in [6.45, 7) is 0. The number of sulfonamides is 1. The molecule has 8 heteroatoms. The van der Waals surface area contributed by atoms with E-state index >= 15 is 0 Å². The summed E-state index contributed by atoms with van der Waals surface area (Å²) in [7, 11) is -2.20. The molecule has 0 radical (unpaired) electrons. The summed E-state index contributed by atoms with van der Waals surface area (Å²) in [5, 5.41) is 8.02. The second kappa shape index (κ2) is 8.20. The van der Waals surface area contributed by atoms with Gasteiger partial charge in [-0.2, -0.15) is 0 Å². The van der Waals surface area contributed by atoms with Crippen molar-refractivity contribution in [1.29, 1.82) is 0 Å². The number of aromatic nitrogens is 1. The molecule has 0 aliphatic rings. The van der Waals surface area contributed by atoms with E-state index in [0.717, 1.165) is 11.1 Å². The van der Waals surface area contributed by atoms with Crippen LogP contribution in [0.2, 0.25) is 0 Å². The highest BCUT2D eigenvalue weighted by Crippen LogP contribution is 2.29. The molecule has 0 saturated heterocycles. The van der Waals surface area contributed by atoms with Crippen molar-refractivity contribution in [2.45, 2.75) is 11.3 Å². The van der Waals surface area contributed by atoms with E-state index < -0.39 is 10.0 Å². The summed E-state index contributed by atoms with van der Waals surface area (Å²) in [6, 6.07) is 15.0. The molecule has 3 aromatic rings. The number of ether oxygens (including phenoxy) is 1. The predicted octanol–water partition coefficient (Wildman–Crippen LogP) is 2.58. The largest absolute Gasteiger partial charge is 0.496 e. The number of pyridine rings is 1. The van der Waals surface area contributed by atoms with E-state index in [1.54, 1.807) is 55.8 Å². The summed E-state index contributed by atoms with van der Waals surface area (Å²) in [5.74, 6) is 0.326. The molecule has 2 aromatic carbocycles. The van der Waals surface area contributed by atoms with Crippen LogP contribution < -0.4 is 15.2 Å². The standard InChI is InChI=1S/C20H19N3O4S/c1-27-19-6-2-5-18(23-20(24)15-4-3-11-22-13-15)17(19)12-14-7-9-16(10-8-14)28(21,25)26/h2-11,13H,12H2,1H3,(H,23,24)(H2,21,25,26). The lowest BCUT2D eigenvalue weighted by Gasteiger charge is -2.15. The fourth-order valence-electron chi connectivity index (χ4n) is 2.75. The zero-order valence-corrected chi connectivity index (χ0v) is 15.9. The Kier molecular flexibility index (Phi) is 5.72. The predicted molar refractivity (Wildman–Crippen MR) is 106 cm³/mol. The van der Waals surface area contributed by atoms with Gasteiger partial charge >= 0.3 is 0 Å².